The smallest absolute Gasteiger partial charge is 0.355 e. The Morgan fingerprint density at radius 3 is 2.44 bits per heavy atom. The van der Waals surface area contributed by atoms with E-state index >= 15 is 0 Å². The molecule has 2 rings (SSSR count). The highest BCUT2D eigenvalue weighted by atomic mass is 35.5. The maximum atomic E-state index is 12.3. The molecule has 0 radical (unpaired) electrons. The number of anilines is 2. The number of hydrogen-bond donors (Lipinski definition) is 4. The molecular weight excluding hydrogens is 484 g/mol. The number of halogens is 1. The van der Waals surface area contributed by atoms with Crippen molar-refractivity contribution in [3.8, 4) is 6.01 Å². The van der Waals surface area contributed by atoms with Crippen LogP contribution in [-0.4, -0.2) is 52.2 Å². The third-order valence-electron chi connectivity index (χ3n) is 5.61. The number of nitrogens with one attached hydrogen (secondary N) is 4. The summed E-state index contributed by atoms with van der Waals surface area (Å²) in [6.07, 6.45) is 6.87. The molecule has 1 heterocycles. The molecule has 198 valence electrons. The van der Waals surface area contributed by atoms with Gasteiger partial charge in [-0.25, -0.2) is 9.59 Å². The van der Waals surface area contributed by atoms with Crippen LogP contribution in [-0.2, 0) is 0 Å². The normalized spacial score (nSPS) is 11.4. The fourth-order valence-electron chi connectivity index (χ4n) is 3.39. The molecule has 2 aromatic rings. The summed E-state index contributed by atoms with van der Waals surface area (Å²) in [5.74, 6) is 0.481. The topological polar surface area (TPSA) is 143 Å². The minimum Gasteiger partial charge on any atom is -0.461 e. The van der Waals surface area contributed by atoms with Gasteiger partial charge in [-0.1, -0.05) is 49.4 Å². The first kappa shape index (κ1) is 29.0. The lowest BCUT2D eigenvalue weighted by atomic mass is 9.99. The van der Waals surface area contributed by atoms with Crippen LogP contribution >= 0.6 is 11.6 Å². The molecule has 12 heteroatoms. The molecule has 1 aromatic heterocycles. The maximum Gasteiger partial charge on any atom is 0.355 e. The van der Waals surface area contributed by atoms with E-state index < -0.39 is 0 Å². The number of nitrogens with zero attached hydrogens (tertiary/aromatic N) is 4. The van der Waals surface area contributed by atoms with Crippen LogP contribution in [0.2, 0.25) is 5.28 Å². The van der Waals surface area contributed by atoms with E-state index in [0.717, 1.165) is 44.1 Å². The highest BCUT2D eigenvalue weighted by Gasteiger charge is 2.10. The van der Waals surface area contributed by atoms with E-state index in [1.54, 1.807) is 6.07 Å². The van der Waals surface area contributed by atoms with Crippen molar-refractivity contribution in [2.75, 3.05) is 30.3 Å². The molecule has 0 aliphatic carbocycles. The average molecular weight is 521 g/mol. The molecule has 0 aliphatic rings. The first-order chi connectivity index (χ1) is 17.4. The molecule has 4 N–H and O–H groups in total. The van der Waals surface area contributed by atoms with Gasteiger partial charge in [0.05, 0.1) is 6.61 Å². The van der Waals surface area contributed by atoms with Gasteiger partial charge in [0.2, 0.25) is 0 Å². The molecule has 11 nitrogen and oxygen atoms in total. The predicted molar refractivity (Wildman–Crippen MR) is 141 cm³/mol. The quantitative estimate of drug-likeness (QED) is 0.243. The average Bonchev–Trinajstić information content (AvgIpc) is 2.86. The molecule has 0 aliphatic heterocycles. The van der Waals surface area contributed by atoms with Gasteiger partial charge in [0.25, 0.3) is 5.28 Å². The SMILES string of the molecule is CCCCC(CC)CNC(=O)Nc1ccc(C)c(NC(=O)NCCCCCOc2nnc(Cl)nn2)c1. The molecule has 1 unspecified atom stereocenters. The molecule has 0 saturated heterocycles. The van der Waals surface area contributed by atoms with Gasteiger partial charge in [-0.15, -0.1) is 10.2 Å². The highest BCUT2D eigenvalue weighted by molar-refractivity contribution is 6.28. The van der Waals surface area contributed by atoms with Gasteiger partial charge in [-0.3, -0.25) is 0 Å². The molecule has 0 saturated carbocycles. The van der Waals surface area contributed by atoms with Crippen molar-refractivity contribution in [1.82, 2.24) is 31.0 Å². The van der Waals surface area contributed by atoms with E-state index in [-0.39, 0.29) is 23.4 Å². The summed E-state index contributed by atoms with van der Waals surface area (Å²) in [4.78, 5) is 24.6. The van der Waals surface area contributed by atoms with Gasteiger partial charge >= 0.3 is 18.1 Å². The number of benzene rings is 1. The molecule has 1 atom stereocenters. The van der Waals surface area contributed by atoms with Gasteiger partial charge in [-0.2, -0.15) is 0 Å². The number of aryl methyl sites for hydroxylation is 1. The zero-order valence-corrected chi connectivity index (χ0v) is 22.0. The molecule has 0 spiro atoms. The lowest BCUT2D eigenvalue weighted by molar-refractivity contribution is 0.249. The summed E-state index contributed by atoms with van der Waals surface area (Å²) in [6.45, 7) is 7.80. The Morgan fingerprint density at radius 1 is 0.972 bits per heavy atom. The van der Waals surface area contributed by atoms with E-state index in [9.17, 15) is 9.59 Å². The Morgan fingerprint density at radius 2 is 1.72 bits per heavy atom. The first-order valence-electron chi connectivity index (χ1n) is 12.5. The van der Waals surface area contributed by atoms with Crippen LogP contribution in [0.3, 0.4) is 0 Å². The largest absolute Gasteiger partial charge is 0.461 e. The summed E-state index contributed by atoms with van der Waals surface area (Å²) in [7, 11) is 0. The number of rotatable bonds is 15. The van der Waals surface area contributed by atoms with E-state index in [4.69, 9.17) is 16.3 Å². The fourth-order valence-corrected chi connectivity index (χ4v) is 3.47. The third kappa shape index (κ3) is 11.5. The summed E-state index contributed by atoms with van der Waals surface area (Å²) >= 11 is 5.52. The minimum atomic E-state index is -0.302. The lowest BCUT2D eigenvalue weighted by Gasteiger charge is -2.16. The number of unbranched alkanes of at least 4 members (excludes halogenated alkanes) is 3. The van der Waals surface area contributed by atoms with Crippen LogP contribution < -0.4 is 26.0 Å². The van der Waals surface area contributed by atoms with Crippen molar-refractivity contribution in [3.05, 3.63) is 29.0 Å². The van der Waals surface area contributed by atoms with Gasteiger partial charge in [0.15, 0.2) is 0 Å². The number of carbonyl (C=O) groups excluding carboxylic acids is 2. The Balaban J connectivity index is 1.66. The number of urea groups is 2. The summed E-state index contributed by atoms with van der Waals surface area (Å²) < 4.78 is 5.33. The molecule has 0 bridgehead atoms. The number of carbonyl (C=O) groups is 2. The van der Waals surface area contributed by atoms with Gasteiger partial charge < -0.3 is 26.0 Å². The summed E-state index contributed by atoms with van der Waals surface area (Å²) in [5.41, 5.74) is 2.15. The molecule has 36 heavy (non-hydrogen) atoms. The Labute approximate surface area is 217 Å². The van der Waals surface area contributed by atoms with Crippen LogP contribution in [0.4, 0.5) is 21.0 Å². The first-order valence-corrected chi connectivity index (χ1v) is 12.8. The van der Waals surface area contributed by atoms with Crippen LogP contribution in [0.1, 0.15) is 64.4 Å². The van der Waals surface area contributed by atoms with Crippen LogP contribution in [0.15, 0.2) is 18.2 Å². The molecular formula is C24H37ClN8O3. The maximum absolute atomic E-state index is 12.3. The third-order valence-corrected chi connectivity index (χ3v) is 5.76. The van der Waals surface area contributed by atoms with Crippen LogP contribution in [0.25, 0.3) is 0 Å². The Hall–Kier alpha value is -3.21. The van der Waals surface area contributed by atoms with E-state index in [1.807, 2.05) is 19.1 Å². The molecule has 1 aromatic carbocycles. The van der Waals surface area contributed by atoms with Crippen LogP contribution in [0.5, 0.6) is 6.01 Å². The second-order valence-corrected chi connectivity index (χ2v) is 8.86. The summed E-state index contributed by atoms with van der Waals surface area (Å²) in [5, 5.41) is 25.9. The zero-order chi connectivity index (χ0) is 26.2. The number of aromatic nitrogens is 4. The lowest BCUT2D eigenvalue weighted by Crippen LogP contribution is -2.33. The number of hydrogen-bond acceptors (Lipinski definition) is 7. The van der Waals surface area contributed by atoms with E-state index in [1.165, 1.54) is 6.42 Å². The van der Waals surface area contributed by atoms with Crippen molar-refractivity contribution < 1.29 is 14.3 Å². The summed E-state index contributed by atoms with van der Waals surface area (Å²) in [6, 6.07) is 4.96. The van der Waals surface area contributed by atoms with Crippen molar-refractivity contribution in [1.29, 1.82) is 0 Å². The second kappa shape index (κ2) is 16.5. The fraction of sp³-hybridized carbons (Fsp3) is 0.583. The van der Waals surface area contributed by atoms with Crippen LogP contribution in [0, 0.1) is 12.8 Å². The Kier molecular flexibility index (Phi) is 13.3. The van der Waals surface area contributed by atoms with E-state index in [2.05, 4.69) is 55.5 Å². The van der Waals surface area contributed by atoms with Crippen molar-refractivity contribution in [2.45, 2.75) is 65.7 Å². The molecule has 0 fully saturated rings. The second-order valence-electron chi connectivity index (χ2n) is 8.52. The van der Waals surface area contributed by atoms with Crippen molar-refractivity contribution in [3.63, 3.8) is 0 Å². The molecule has 4 amide bonds. The standard InChI is InChI=1S/C24H37ClN8O3/c1-4-6-10-18(5-2)16-27-23(35)28-19-12-11-17(3)20(15-19)29-22(34)26-13-8-7-9-14-36-24-32-30-21(25)31-33-24/h11-12,15,18H,4-10,13-14,16H2,1-3H3,(H2,26,29,34)(H2,27,28,35). The van der Waals surface area contributed by atoms with E-state index in [0.29, 0.717) is 37.0 Å². The predicted octanol–water partition coefficient (Wildman–Crippen LogP) is 4.94. The Bertz CT molecular complexity index is 945. The zero-order valence-electron chi connectivity index (χ0n) is 21.3. The van der Waals surface area contributed by atoms with Crippen molar-refractivity contribution in [2.24, 2.45) is 5.92 Å². The monoisotopic (exact) mass is 520 g/mol. The minimum absolute atomic E-state index is 0.0337. The number of ether oxygens (including phenoxy) is 1. The van der Waals surface area contributed by atoms with Gasteiger partial charge in [-0.05, 0) is 67.8 Å². The van der Waals surface area contributed by atoms with Crippen molar-refractivity contribution >= 4 is 35.0 Å². The highest BCUT2D eigenvalue weighted by Crippen LogP contribution is 2.20. The van der Waals surface area contributed by atoms with Gasteiger partial charge in [0.1, 0.15) is 0 Å². The number of amides is 4. The van der Waals surface area contributed by atoms with Gasteiger partial charge in [0, 0.05) is 24.5 Å².